The van der Waals surface area contributed by atoms with Gasteiger partial charge in [-0.2, -0.15) is 0 Å². The number of para-hydroxylation sites is 1. The first-order valence-electron chi connectivity index (χ1n) is 10.6. The molecule has 1 amide bonds. The van der Waals surface area contributed by atoms with Gasteiger partial charge in [-0.05, 0) is 56.6 Å². The number of anilines is 1. The average molecular weight is 387 g/mol. The van der Waals surface area contributed by atoms with Crippen molar-refractivity contribution in [3.8, 4) is 0 Å². The molecule has 0 saturated carbocycles. The van der Waals surface area contributed by atoms with Gasteiger partial charge in [-0.3, -0.25) is 4.79 Å². The highest BCUT2D eigenvalue weighted by molar-refractivity contribution is 5.97. The minimum absolute atomic E-state index is 0.0698. The summed E-state index contributed by atoms with van der Waals surface area (Å²) in [5, 5.41) is 3.33. The molecule has 0 aliphatic carbocycles. The number of amides is 1. The summed E-state index contributed by atoms with van der Waals surface area (Å²) >= 11 is 0. The molecule has 2 aliphatic rings. The van der Waals surface area contributed by atoms with Gasteiger partial charge in [0.25, 0.3) is 0 Å². The minimum Gasteiger partial charge on any atom is -0.381 e. The summed E-state index contributed by atoms with van der Waals surface area (Å²) in [7, 11) is 2.06. The SMILES string of the molecule is CCNC(=NCC(=O)N1CCCc2ccccc21)N(C)CCC1CCOCC1. The van der Waals surface area contributed by atoms with Gasteiger partial charge in [0.15, 0.2) is 5.96 Å². The van der Waals surface area contributed by atoms with Gasteiger partial charge in [0.2, 0.25) is 5.91 Å². The molecule has 6 heteroatoms. The fourth-order valence-electron chi connectivity index (χ4n) is 4.01. The van der Waals surface area contributed by atoms with E-state index in [-0.39, 0.29) is 12.5 Å². The number of carbonyl (C=O) groups is 1. The Labute approximate surface area is 168 Å². The summed E-state index contributed by atoms with van der Waals surface area (Å²) in [5.41, 5.74) is 2.30. The van der Waals surface area contributed by atoms with Gasteiger partial charge in [-0.25, -0.2) is 4.99 Å². The van der Waals surface area contributed by atoms with Crippen molar-refractivity contribution in [2.75, 3.05) is 51.3 Å². The van der Waals surface area contributed by atoms with Crippen LogP contribution < -0.4 is 10.2 Å². The highest BCUT2D eigenvalue weighted by Crippen LogP contribution is 2.26. The van der Waals surface area contributed by atoms with Crippen molar-refractivity contribution in [2.45, 2.75) is 39.0 Å². The van der Waals surface area contributed by atoms with E-state index in [4.69, 9.17) is 4.74 Å². The predicted octanol–water partition coefficient (Wildman–Crippen LogP) is 2.68. The number of aliphatic imine (C=N–C) groups is 1. The Morgan fingerprint density at radius 3 is 2.89 bits per heavy atom. The number of aryl methyl sites for hydroxylation is 1. The molecular weight excluding hydrogens is 352 g/mol. The first-order valence-corrected chi connectivity index (χ1v) is 10.6. The molecular formula is C22H34N4O2. The van der Waals surface area contributed by atoms with Crippen LogP contribution in [0.15, 0.2) is 29.3 Å². The minimum atomic E-state index is 0.0698. The lowest BCUT2D eigenvalue weighted by molar-refractivity contribution is -0.117. The Hall–Kier alpha value is -2.08. The van der Waals surface area contributed by atoms with Crippen molar-refractivity contribution in [3.05, 3.63) is 29.8 Å². The number of ether oxygens (including phenoxy) is 1. The molecule has 2 heterocycles. The van der Waals surface area contributed by atoms with Crippen LogP contribution in [0.25, 0.3) is 0 Å². The van der Waals surface area contributed by atoms with E-state index >= 15 is 0 Å². The highest BCUT2D eigenvalue weighted by Gasteiger charge is 2.22. The quantitative estimate of drug-likeness (QED) is 0.603. The number of hydrogen-bond donors (Lipinski definition) is 1. The van der Waals surface area contributed by atoms with Crippen LogP contribution in [0.2, 0.25) is 0 Å². The van der Waals surface area contributed by atoms with E-state index in [1.165, 1.54) is 5.56 Å². The Morgan fingerprint density at radius 1 is 1.32 bits per heavy atom. The van der Waals surface area contributed by atoms with Gasteiger partial charge < -0.3 is 19.9 Å². The largest absolute Gasteiger partial charge is 0.381 e. The van der Waals surface area contributed by atoms with Crippen LogP contribution in [0.1, 0.15) is 38.2 Å². The molecule has 3 rings (SSSR count). The van der Waals surface area contributed by atoms with Crippen LogP contribution in [0.4, 0.5) is 5.69 Å². The number of hydrogen-bond acceptors (Lipinski definition) is 3. The lowest BCUT2D eigenvalue weighted by Crippen LogP contribution is -2.42. The van der Waals surface area contributed by atoms with E-state index in [2.05, 4.69) is 35.2 Å². The van der Waals surface area contributed by atoms with Crippen LogP contribution >= 0.6 is 0 Å². The Balaban J connectivity index is 1.58. The summed E-state index contributed by atoms with van der Waals surface area (Å²) in [4.78, 5) is 21.5. The molecule has 0 bridgehead atoms. The maximum atomic E-state index is 12.9. The monoisotopic (exact) mass is 386 g/mol. The zero-order valence-electron chi connectivity index (χ0n) is 17.3. The van der Waals surface area contributed by atoms with Gasteiger partial charge >= 0.3 is 0 Å². The Morgan fingerprint density at radius 2 is 2.11 bits per heavy atom. The van der Waals surface area contributed by atoms with Gasteiger partial charge in [-0.1, -0.05) is 18.2 Å². The highest BCUT2D eigenvalue weighted by atomic mass is 16.5. The van der Waals surface area contributed by atoms with E-state index in [0.29, 0.717) is 0 Å². The number of nitrogens with zero attached hydrogens (tertiary/aromatic N) is 3. The van der Waals surface area contributed by atoms with Crippen molar-refractivity contribution < 1.29 is 9.53 Å². The van der Waals surface area contributed by atoms with Crippen molar-refractivity contribution in [1.29, 1.82) is 0 Å². The van der Waals surface area contributed by atoms with Crippen LogP contribution in [-0.4, -0.2) is 63.2 Å². The fourth-order valence-corrected chi connectivity index (χ4v) is 4.01. The van der Waals surface area contributed by atoms with E-state index in [1.807, 2.05) is 23.1 Å². The number of carbonyl (C=O) groups excluding carboxylic acids is 1. The van der Waals surface area contributed by atoms with E-state index in [1.54, 1.807) is 0 Å². The van der Waals surface area contributed by atoms with Gasteiger partial charge in [0, 0.05) is 45.6 Å². The lowest BCUT2D eigenvalue weighted by Gasteiger charge is -2.29. The standard InChI is InChI=1S/C22H34N4O2/c1-3-23-22(25(2)14-10-18-11-15-28-16-12-18)24-17-21(27)26-13-6-8-19-7-4-5-9-20(19)26/h4-5,7,9,18H,3,6,8,10-17H2,1-2H3,(H,23,24). The van der Waals surface area contributed by atoms with E-state index < -0.39 is 0 Å². The van der Waals surface area contributed by atoms with Crippen molar-refractivity contribution in [3.63, 3.8) is 0 Å². The summed E-state index contributed by atoms with van der Waals surface area (Å²) in [6, 6.07) is 8.21. The second-order valence-electron chi connectivity index (χ2n) is 7.71. The molecule has 1 N–H and O–H groups in total. The van der Waals surface area contributed by atoms with Gasteiger partial charge in [0.1, 0.15) is 6.54 Å². The molecule has 2 aliphatic heterocycles. The molecule has 28 heavy (non-hydrogen) atoms. The van der Waals surface area contributed by atoms with Crippen LogP contribution in [0.3, 0.4) is 0 Å². The Bertz CT molecular complexity index is 670. The molecule has 1 fully saturated rings. The predicted molar refractivity (Wildman–Crippen MR) is 114 cm³/mol. The smallest absolute Gasteiger partial charge is 0.248 e. The lowest BCUT2D eigenvalue weighted by atomic mass is 9.96. The summed E-state index contributed by atoms with van der Waals surface area (Å²) in [6.45, 7) is 6.52. The zero-order valence-corrected chi connectivity index (χ0v) is 17.3. The Kier molecular flexibility index (Phi) is 7.71. The molecule has 0 unspecified atom stereocenters. The number of rotatable bonds is 6. The number of benzene rings is 1. The third kappa shape index (κ3) is 5.47. The topological polar surface area (TPSA) is 57.2 Å². The number of fused-ring (bicyclic) bond motifs is 1. The van der Waals surface area contributed by atoms with Crippen molar-refractivity contribution in [1.82, 2.24) is 10.2 Å². The van der Waals surface area contributed by atoms with Crippen LogP contribution in [0.5, 0.6) is 0 Å². The third-order valence-corrected chi connectivity index (χ3v) is 5.69. The normalized spacial score (nSPS) is 17.9. The maximum absolute atomic E-state index is 12.9. The zero-order chi connectivity index (χ0) is 19.8. The average Bonchev–Trinajstić information content (AvgIpc) is 2.75. The molecule has 0 radical (unpaired) electrons. The number of guanidine groups is 1. The first kappa shape index (κ1) is 20.6. The molecule has 6 nitrogen and oxygen atoms in total. The molecule has 154 valence electrons. The second kappa shape index (κ2) is 10.5. The van der Waals surface area contributed by atoms with E-state index in [0.717, 1.165) is 82.5 Å². The summed E-state index contributed by atoms with van der Waals surface area (Å²) in [5.74, 6) is 1.61. The van der Waals surface area contributed by atoms with Crippen LogP contribution in [-0.2, 0) is 16.0 Å². The molecule has 1 aromatic carbocycles. The fraction of sp³-hybridized carbons (Fsp3) is 0.636. The summed E-state index contributed by atoms with van der Waals surface area (Å²) in [6.07, 6.45) is 5.48. The third-order valence-electron chi connectivity index (χ3n) is 5.69. The van der Waals surface area contributed by atoms with Gasteiger partial charge in [-0.15, -0.1) is 0 Å². The molecule has 0 atom stereocenters. The second-order valence-corrected chi connectivity index (χ2v) is 7.71. The molecule has 0 aromatic heterocycles. The molecule has 1 saturated heterocycles. The van der Waals surface area contributed by atoms with Gasteiger partial charge in [0.05, 0.1) is 0 Å². The van der Waals surface area contributed by atoms with Crippen molar-refractivity contribution >= 4 is 17.6 Å². The first-order chi connectivity index (χ1) is 13.7. The maximum Gasteiger partial charge on any atom is 0.248 e. The summed E-state index contributed by atoms with van der Waals surface area (Å²) < 4.78 is 5.45. The van der Waals surface area contributed by atoms with E-state index in [9.17, 15) is 4.79 Å². The van der Waals surface area contributed by atoms with Crippen molar-refractivity contribution in [2.24, 2.45) is 10.9 Å². The van der Waals surface area contributed by atoms with Crippen LogP contribution in [0, 0.1) is 5.92 Å². The molecule has 1 aromatic rings. The molecule has 0 spiro atoms. The number of nitrogens with one attached hydrogen (secondary N) is 1.